The zero-order valence-corrected chi connectivity index (χ0v) is 16.3. The first-order valence-corrected chi connectivity index (χ1v) is 10.3. The molecule has 0 aromatic heterocycles. The number of benzene rings is 1. The Bertz CT molecular complexity index is 617. The number of nitrogens with one attached hydrogen (secondary N) is 2. The van der Waals surface area contributed by atoms with Gasteiger partial charge in [-0.05, 0) is 82.3 Å². The van der Waals surface area contributed by atoms with Gasteiger partial charge in [-0.15, -0.1) is 0 Å². The molecule has 1 atom stereocenters. The SMILES string of the molecule is CC1CCN(CCCCNC(=O)N[C@H]2CCCOc3ccc(F)cc32)CC1. The molecule has 2 aliphatic heterocycles. The van der Waals surface area contributed by atoms with Crippen LogP contribution in [0.25, 0.3) is 0 Å². The summed E-state index contributed by atoms with van der Waals surface area (Å²) in [6.45, 7) is 7.10. The van der Waals surface area contributed by atoms with Gasteiger partial charge >= 0.3 is 6.03 Å². The van der Waals surface area contributed by atoms with E-state index in [4.69, 9.17) is 4.74 Å². The molecular formula is C21H32FN3O2. The lowest BCUT2D eigenvalue weighted by atomic mass is 9.99. The van der Waals surface area contributed by atoms with Crippen molar-refractivity contribution in [3.63, 3.8) is 0 Å². The molecule has 0 spiro atoms. The summed E-state index contributed by atoms with van der Waals surface area (Å²) in [4.78, 5) is 14.8. The molecule has 27 heavy (non-hydrogen) atoms. The summed E-state index contributed by atoms with van der Waals surface area (Å²) in [6, 6.07) is 4.09. The molecule has 0 unspecified atom stereocenters. The van der Waals surface area contributed by atoms with Crippen molar-refractivity contribution in [3.8, 4) is 5.75 Å². The van der Waals surface area contributed by atoms with E-state index in [0.29, 0.717) is 18.9 Å². The Labute approximate surface area is 161 Å². The third-order valence-corrected chi connectivity index (χ3v) is 5.61. The van der Waals surface area contributed by atoms with Crippen molar-refractivity contribution < 1.29 is 13.9 Å². The van der Waals surface area contributed by atoms with Gasteiger partial charge in [-0.1, -0.05) is 6.92 Å². The molecule has 1 aromatic rings. The molecule has 0 bridgehead atoms. The lowest BCUT2D eigenvalue weighted by Crippen LogP contribution is -2.38. The van der Waals surface area contributed by atoms with E-state index >= 15 is 0 Å². The molecule has 1 saturated heterocycles. The molecule has 1 aromatic carbocycles. The van der Waals surface area contributed by atoms with Gasteiger partial charge < -0.3 is 20.3 Å². The van der Waals surface area contributed by atoms with Gasteiger partial charge in [0.15, 0.2) is 0 Å². The summed E-state index contributed by atoms with van der Waals surface area (Å²) in [5.74, 6) is 1.22. The highest BCUT2D eigenvalue weighted by Gasteiger charge is 2.22. The fraction of sp³-hybridized carbons (Fsp3) is 0.667. The summed E-state index contributed by atoms with van der Waals surface area (Å²) in [7, 11) is 0. The monoisotopic (exact) mass is 377 g/mol. The summed E-state index contributed by atoms with van der Waals surface area (Å²) < 4.78 is 19.3. The Morgan fingerprint density at radius 3 is 2.89 bits per heavy atom. The van der Waals surface area contributed by atoms with Crippen LogP contribution in [0, 0.1) is 11.7 Å². The summed E-state index contributed by atoms with van der Waals surface area (Å²) in [5, 5.41) is 5.92. The van der Waals surface area contributed by atoms with Crippen molar-refractivity contribution in [2.24, 2.45) is 5.92 Å². The predicted octanol–water partition coefficient (Wildman–Crippen LogP) is 3.85. The minimum Gasteiger partial charge on any atom is -0.493 e. The minimum atomic E-state index is -0.307. The number of halogens is 1. The second-order valence-corrected chi connectivity index (χ2v) is 7.86. The van der Waals surface area contributed by atoms with Crippen LogP contribution in [-0.2, 0) is 0 Å². The number of likely N-dealkylation sites (tertiary alicyclic amines) is 1. The molecule has 2 aliphatic rings. The number of unbranched alkanes of at least 4 members (excludes halogenated alkanes) is 1. The van der Waals surface area contributed by atoms with E-state index in [0.717, 1.165) is 43.7 Å². The van der Waals surface area contributed by atoms with Gasteiger partial charge in [-0.25, -0.2) is 9.18 Å². The van der Waals surface area contributed by atoms with Crippen LogP contribution >= 0.6 is 0 Å². The van der Waals surface area contributed by atoms with Gasteiger partial charge in [0.05, 0.1) is 12.6 Å². The molecule has 5 nitrogen and oxygen atoms in total. The fourth-order valence-electron chi connectivity index (χ4n) is 3.86. The Balaban J connectivity index is 1.37. The van der Waals surface area contributed by atoms with Crippen LogP contribution < -0.4 is 15.4 Å². The molecular weight excluding hydrogens is 345 g/mol. The van der Waals surface area contributed by atoms with Crippen molar-refractivity contribution in [2.45, 2.75) is 51.5 Å². The number of hydrogen-bond acceptors (Lipinski definition) is 3. The standard InChI is InChI=1S/C21H32FN3O2/c1-16-8-12-25(13-9-16)11-3-2-10-23-21(26)24-19-5-4-14-27-20-7-6-17(22)15-18(19)20/h6-7,15-16,19H,2-5,8-14H2,1H3,(H2,23,24,26)/t19-/m0/s1. The number of fused-ring (bicyclic) bond motifs is 1. The molecule has 0 saturated carbocycles. The van der Waals surface area contributed by atoms with Crippen LogP contribution in [0.3, 0.4) is 0 Å². The maximum atomic E-state index is 13.6. The Morgan fingerprint density at radius 1 is 1.26 bits per heavy atom. The summed E-state index contributed by atoms with van der Waals surface area (Å²) in [6.07, 6.45) is 6.24. The second-order valence-electron chi connectivity index (χ2n) is 7.86. The molecule has 6 heteroatoms. The Morgan fingerprint density at radius 2 is 2.07 bits per heavy atom. The number of rotatable bonds is 6. The number of urea groups is 1. The molecule has 2 amide bonds. The van der Waals surface area contributed by atoms with E-state index in [2.05, 4.69) is 22.5 Å². The van der Waals surface area contributed by atoms with Crippen LogP contribution in [-0.4, -0.2) is 43.7 Å². The quantitative estimate of drug-likeness (QED) is 0.741. The first kappa shape index (κ1) is 19.9. The maximum absolute atomic E-state index is 13.6. The van der Waals surface area contributed by atoms with Crippen LogP contribution in [0.1, 0.15) is 57.1 Å². The van der Waals surface area contributed by atoms with Crippen LogP contribution in [0.4, 0.5) is 9.18 Å². The van der Waals surface area contributed by atoms with E-state index in [9.17, 15) is 9.18 Å². The van der Waals surface area contributed by atoms with Crippen LogP contribution in [0.2, 0.25) is 0 Å². The van der Waals surface area contributed by atoms with E-state index in [1.165, 1.54) is 38.1 Å². The van der Waals surface area contributed by atoms with E-state index < -0.39 is 0 Å². The van der Waals surface area contributed by atoms with E-state index in [1.807, 2.05) is 0 Å². The highest BCUT2D eigenvalue weighted by atomic mass is 19.1. The number of nitrogens with zero attached hydrogens (tertiary/aromatic N) is 1. The van der Waals surface area contributed by atoms with Crippen molar-refractivity contribution in [1.29, 1.82) is 0 Å². The van der Waals surface area contributed by atoms with Crippen molar-refractivity contribution in [3.05, 3.63) is 29.6 Å². The van der Waals surface area contributed by atoms with Gasteiger partial charge in [0.2, 0.25) is 0 Å². The molecule has 1 fully saturated rings. The third-order valence-electron chi connectivity index (χ3n) is 5.61. The van der Waals surface area contributed by atoms with Gasteiger partial charge in [-0.3, -0.25) is 0 Å². The smallest absolute Gasteiger partial charge is 0.315 e. The van der Waals surface area contributed by atoms with Crippen LogP contribution in [0.15, 0.2) is 18.2 Å². The Hall–Kier alpha value is -1.82. The number of hydrogen-bond donors (Lipinski definition) is 2. The summed E-state index contributed by atoms with van der Waals surface area (Å²) in [5.41, 5.74) is 0.724. The fourth-order valence-corrected chi connectivity index (χ4v) is 3.86. The van der Waals surface area contributed by atoms with Crippen molar-refractivity contribution in [2.75, 3.05) is 32.8 Å². The zero-order chi connectivity index (χ0) is 19.1. The van der Waals surface area contributed by atoms with Gasteiger partial charge in [0, 0.05) is 12.1 Å². The van der Waals surface area contributed by atoms with Crippen molar-refractivity contribution in [1.82, 2.24) is 15.5 Å². The predicted molar refractivity (Wildman–Crippen MR) is 104 cm³/mol. The first-order valence-electron chi connectivity index (χ1n) is 10.3. The van der Waals surface area contributed by atoms with E-state index in [-0.39, 0.29) is 17.9 Å². The average molecular weight is 378 g/mol. The topological polar surface area (TPSA) is 53.6 Å². The lowest BCUT2D eigenvalue weighted by Gasteiger charge is -2.30. The average Bonchev–Trinajstić information content (AvgIpc) is 2.85. The number of carbonyl (C=O) groups is 1. The maximum Gasteiger partial charge on any atom is 0.315 e. The molecule has 150 valence electrons. The Kier molecular flexibility index (Phi) is 7.33. The largest absolute Gasteiger partial charge is 0.493 e. The van der Waals surface area contributed by atoms with Crippen LogP contribution in [0.5, 0.6) is 5.75 Å². The molecule has 0 aliphatic carbocycles. The third kappa shape index (κ3) is 6.09. The highest BCUT2D eigenvalue weighted by molar-refractivity contribution is 5.74. The minimum absolute atomic E-state index is 0.191. The number of carbonyl (C=O) groups excluding carboxylic acids is 1. The lowest BCUT2D eigenvalue weighted by molar-refractivity contribution is 0.189. The van der Waals surface area contributed by atoms with Crippen molar-refractivity contribution >= 4 is 6.03 Å². The molecule has 0 radical (unpaired) electrons. The van der Waals surface area contributed by atoms with E-state index in [1.54, 1.807) is 6.07 Å². The molecule has 2 N–H and O–H groups in total. The molecule has 2 heterocycles. The first-order chi connectivity index (χ1) is 13.1. The normalized spacial score (nSPS) is 21.0. The molecule has 3 rings (SSSR count). The number of ether oxygens (including phenoxy) is 1. The number of amides is 2. The number of piperidine rings is 1. The second kappa shape index (κ2) is 9.93. The highest BCUT2D eigenvalue weighted by Crippen LogP contribution is 2.31. The zero-order valence-electron chi connectivity index (χ0n) is 16.3. The summed E-state index contributed by atoms with van der Waals surface area (Å²) >= 11 is 0. The van der Waals surface area contributed by atoms with Gasteiger partial charge in [0.25, 0.3) is 0 Å². The van der Waals surface area contributed by atoms with Gasteiger partial charge in [-0.2, -0.15) is 0 Å². The van der Waals surface area contributed by atoms with Gasteiger partial charge in [0.1, 0.15) is 11.6 Å².